The zero-order chi connectivity index (χ0) is 20.0. The molecule has 0 heterocycles. The van der Waals surface area contributed by atoms with Crippen LogP contribution in [0.2, 0.25) is 0 Å². The van der Waals surface area contributed by atoms with Crippen LogP contribution >= 0.6 is 0 Å². The van der Waals surface area contributed by atoms with Gasteiger partial charge in [-0.2, -0.15) is 0 Å². The van der Waals surface area contributed by atoms with E-state index in [0.717, 1.165) is 17.5 Å². The molecule has 142 valence electrons. The van der Waals surface area contributed by atoms with Crippen LogP contribution in [0.4, 0.5) is 0 Å². The summed E-state index contributed by atoms with van der Waals surface area (Å²) in [4.78, 5) is 33.6. The quantitative estimate of drug-likeness (QED) is 0.571. The van der Waals surface area contributed by atoms with E-state index in [9.17, 15) is 14.4 Å². The Morgan fingerprint density at radius 3 is 1.85 bits per heavy atom. The number of carbonyl (C=O) groups excluding carboxylic acids is 3. The second kappa shape index (κ2) is 8.98. The highest BCUT2D eigenvalue weighted by atomic mass is 16.6. The Morgan fingerprint density at radius 2 is 1.30 bits per heavy atom. The van der Waals surface area contributed by atoms with E-state index in [2.05, 4.69) is 0 Å². The van der Waals surface area contributed by atoms with Gasteiger partial charge in [0.2, 0.25) is 0 Å². The van der Waals surface area contributed by atoms with E-state index in [4.69, 9.17) is 14.2 Å². The van der Waals surface area contributed by atoms with Gasteiger partial charge in [0, 0.05) is 20.8 Å². The highest BCUT2D eigenvalue weighted by molar-refractivity contribution is 5.74. The molecule has 0 bridgehead atoms. The van der Waals surface area contributed by atoms with Gasteiger partial charge in [0.15, 0.2) is 11.5 Å². The highest BCUT2D eigenvalue weighted by Crippen LogP contribution is 2.33. The summed E-state index contributed by atoms with van der Waals surface area (Å²) in [6.07, 6.45) is 1.44. The Morgan fingerprint density at radius 1 is 0.741 bits per heavy atom. The van der Waals surface area contributed by atoms with Crippen LogP contribution in [0.5, 0.6) is 17.2 Å². The number of hydrogen-bond donors (Lipinski definition) is 0. The first-order valence-corrected chi connectivity index (χ1v) is 8.52. The van der Waals surface area contributed by atoms with Crippen molar-refractivity contribution in [2.45, 2.75) is 40.5 Å². The van der Waals surface area contributed by atoms with E-state index in [1.165, 1.54) is 20.8 Å². The highest BCUT2D eigenvalue weighted by Gasteiger charge is 2.15. The van der Waals surface area contributed by atoms with Crippen LogP contribution in [-0.2, 0) is 27.2 Å². The average molecular weight is 370 g/mol. The first-order valence-electron chi connectivity index (χ1n) is 8.52. The summed E-state index contributed by atoms with van der Waals surface area (Å²) >= 11 is 0. The number of benzene rings is 2. The molecule has 0 aliphatic heterocycles. The minimum Gasteiger partial charge on any atom is -0.427 e. The van der Waals surface area contributed by atoms with Crippen LogP contribution in [0, 0.1) is 6.92 Å². The molecule has 6 nitrogen and oxygen atoms in total. The molecule has 0 radical (unpaired) electrons. The molecule has 0 atom stereocenters. The first kappa shape index (κ1) is 20.2. The maximum absolute atomic E-state index is 11.4. The van der Waals surface area contributed by atoms with Gasteiger partial charge in [-0.15, -0.1) is 0 Å². The average Bonchev–Trinajstić information content (AvgIpc) is 2.56. The number of esters is 3. The van der Waals surface area contributed by atoms with Gasteiger partial charge in [-0.25, -0.2) is 0 Å². The molecule has 0 unspecified atom stereocenters. The molecule has 0 spiro atoms. The molecule has 0 N–H and O–H groups in total. The standard InChI is InChI=1S/C21H22O6/c1-13-11-18(12-20(26-15(3)23)21(13)27-16(4)24)6-5-17-7-9-19(10-8-17)25-14(2)22/h7-12H,5-6H2,1-4H3. The van der Waals surface area contributed by atoms with E-state index < -0.39 is 11.9 Å². The van der Waals surface area contributed by atoms with E-state index in [0.29, 0.717) is 17.7 Å². The number of ether oxygens (including phenoxy) is 3. The van der Waals surface area contributed by atoms with Gasteiger partial charge in [-0.3, -0.25) is 14.4 Å². The largest absolute Gasteiger partial charge is 0.427 e. The van der Waals surface area contributed by atoms with Gasteiger partial charge >= 0.3 is 17.9 Å². The Kier molecular flexibility index (Phi) is 6.71. The monoisotopic (exact) mass is 370 g/mol. The maximum Gasteiger partial charge on any atom is 0.308 e. The van der Waals surface area contributed by atoms with Crippen LogP contribution in [0.1, 0.15) is 37.5 Å². The van der Waals surface area contributed by atoms with Crippen LogP contribution < -0.4 is 14.2 Å². The molecule has 0 fully saturated rings. The fourth-order valence-electron chi connectivity index (χ4n) is 2.64. The smallest absolute Gasteiger partial charge is 0.308 e. The summed E-state index contributed by atoms with van der Waals surface area (Å²) in [6, 6.07) is 10.9. The lowest BCUT2D eigenvalue weighted by Crippen LogP contribution is -2.09. The third kappa shape index (κ3) is 6.26. The second-order valence-corrected chi connectivity index (χ2v) is 6.16. The molecule has 6 heteroatoms. The first-order chi connectivity index (χ1) is 12.7. The molecule has 0 aliphatic rings. The minimum atomic E-state index is -0.485. The molecule has 2 aromatic rings. The number of carbonyl (C=O) groups is 3. The third-order valence-corrected chi connectivity index (χ3v) is 3.69. The van der Waals surface area contributed by atoms with Crippen LogP contribution in [0.15, 0.2) is 36.4 Å². The second-order valence-electron chi connectivity index (χ2n) is 6.16. The van der Waals surface area contributed by atoms with Gasteiger partial charge in [0.05, 0.1) is 0 Å². The summed E-state index contributed by atoms with van der Waals surface area (Å²) < 4.78 is 15.4. The predicted molar refractivity (Wildman–Crippen MR) is 99.0 cm³/mol. The Labute approximate surface area is 158 Å². The van der Waals surface area contributed by atoms with Crippen molar-refractivity contribution in [2.75, 3.05) is 0 Å². The molecule has 0 amide bonds. The molecule has 27 heavy (non-hydrogen) atoms. The molecule has 0 aromatic heterocycles. The van der Waals surface area contributed by atoms with Crippen molar-refractivity contribution in [2.24, 2.45) is 0 Å². The fraction of sp³-hybridized carbons (Fsp3) is 0.286. The third-order valence-electron chi connectivity index (χ3n) is 3.69. The van der Waals surface area contributed by atoms with E-state index in [1.54, 1.807) is 25.1 Å². The zero-order valence-electron chi connectivity index (χ0n) is 15.8. The zero-order valence-corrected chi connectivity index (χ0v) is 15.8. The number of rotatable bonds is 6. The fourth-order valence-corrected chi connectivity index (χ4v) is 2.64. The number of aryl methyl sites for hydroxylation is 3. The lowest BCUT2D eigenvalue weighted by atomic mass is 10.0. The minimum absolute atomic E-state index is 0.234. The topological polar surface area (TPSA) is 78.9 Å². The van der Waals surface area contributed by atoms with Crippen LogP contribution in [0.25, 0.3) is 0 Å². The van der Waals surface area contributed by atoms with Crippen molar-refractivity contribution in [1.29, 1.82) is 0 Å². The molecule has 2 rings (SSSR count). The lowest BCUT2D eigenvalue weighted by molar-refractivity contribution is -0.134. The molecule has 2 aromatic carbocycles. The van der Waals surface area contributed by atoms with E-state index in [1.807, 2.05) is 18.2 Å². The van der Waals surface area contributed by atoms with Gasteiger partial charge < -0.3 is 14.2 Å². The van der Waals surface area contributed by atoms with Gasteiger partial charge in [-0.05, 0) is 54.7 Å². The predicted octanol–water partition coefficient (Wildman–Crippen LogP) is 3.56. The molecular formula is C21H22O6. The van der Waals surface area contributed by atoms with Crippen molar-refractivity contribution < 1.29 is 28.6 Å². The van der Waals surface area contributed by atoms with E-state index in [-0.39, 0.29) is 17.5 Å². The Hall–Kier alpha value is -3.15. The van der Waals surface area contributed by atoms with Crippen LogP contribution in [-0.4, -0.2) is 17.9 Å². The lowest BCUT2D eigenvalue weighted by Gasteiger charge is -2.14. The summed E-state index contributed by atoms with van der Waals surface area (Å²) in [5, 5.41) is 0. The summed E-state index contributed by atoms with van der Waals surface area (Å²) in [5.74, 6) is -0.327. The summed E-state index contributed by atoms with van der Waals surface area (Å²) in [7, 11) is 0. The van der Waals surface area contributed by atoms with Crippen molar-refractivity contribution in [3.05, 3.63) is 53.1 Å². The summed E-state index contributed by atoms with van der Waals surface area (Å²) in [6.45, 7) is 5.74. The van der Waals surface area contributed by atoms with Crippen molar-refractivity contribution in [3.63, 3.8) is 0 Å². The van der Waals surface area contributed by atoms with Crippen molar-refractivity contribution in [1.82, 2.24) is 0 Å². The SMILES string of the molecule is CC(=O)Oc1ccc(CCc2cc(C)c(OC(C)=O)c(OC(C)=O)c2)cc1. The Bertz CT molecular complexity index is 852. The van der Waals surface area contributed by atoms with Crippen LogP contribution in [0.3, 0.4) is 0 Å². The number of hydrogen-bond acceptors (Lipinski definition) is 6. The van der Waals surface area contributed by atoms with Gasteiger partial charge in [0.1, 0.15) is 5.75 Å². The van der Waals surface area contributed by atoms with Crippen molar-refractivity contribution in [3.8, 4) is 17.2 Å². The van der Waals surface area contributed by atoms with E-state index >= 15 is 0 Å². The Balaban J connectivity index is 2.15. The molecule has 0 aliphatic carbocycles. The molecular weight excluding hydrogens is 348 g/mol. The van der Waals surface area contributed by atoms with Gasteiger partial charge in [0.25, 0.3) is 0 Å². The normalized spacial score (nSPS) is 10.2. The summed E-state index contributed by atoms with van der Waals surface area (Å²) in [5.41, 5.74) is 2.73. The molecule has 0 saturated heterocycles. The van der Waals surface area contributed by atoms with Gasteiger partial charge in [-0.1, -0.05) is 18.2 Å². The molecule has 0 saturated carbocycles. The maximum atomic E-state index is 11.4. The van der Waals surface area contributed by atoms with Crippen molar-refractivity contribution >= 4 is 17.9 Å².